The van der Waals surface area contributed by atoms with E-state index in [1.54, 1.807) is 6.07 Å². The van der Waals surface area contributed by atoms with Gasteiger partial charge in [0.05, 0.1) is 25.2 Å². The molecule has 0 aromatic carbocycles. The molecule has 27 heavy (non-hydrogen) atoms. The van der Waals surface area contributed by atoms with Crippen LogP contribution in [0.4, 0.5) is 17.3 Å². The molecule has 1 fully saturated rings. The molecule has 9 nitrogen and oxygen atoms in total. The third-order valence-corrected chi connectivity index (χ3v) is 4.28. The van der Waals surface area contributed by atoms with Gasteiger partial charge in [0.25, 0.3) is 0 Å². The number of hydrogen-bond donors (Lipinski definition) is 3. The topological polar surface area (TPSA) is 125 Å². The molecule has 1 aliphatic rings. The number of rotatable bonds is 6. The number of carbonyl (C=O) groups excluding carboxylic acids is 1. The molecule has 1 aliphatic heterocycles. The van der Waals surface area contributed by atoms with E-state index in [1.807, 2.05) is 6.07 Å². The van der Waals surface area contributed by atoms with Crippen molar-refractivity contribution in [3.05, 3.63) is 35.9 Å². The summed E-state index contributed by atoms with van der Waals surface area (Å²) in [5.74, 6) is 0.499. The summed E-state index contributed by atoms with van der Waals surface area (Å²) in [4.78, 5) is 24.3. The van der Waals surface area contributed by atoms with Crippen molar-refractivity contribution in [2.45, 2.75) is 25.3 Å². The van der Waals surface area contributed by atoms with Crippen molar-refractivity contribution in [1.29, 1.82) is 5.26 Å². The van der Waals surface area contributed by atoms with E-state index in [0.29, 0.717) is 35.5 Å². The Morgan fingerprint density at radius 1 is 1.30 bits per heavy atom. The molecule has 1 saturated heterocycles. The smallest absolute Gasteiger partial charge is 0.341 e. The Balaban J connectivity index is 1.76. The van der Waals surface area contributed by atoms with E-state index in [-0.39, 0.29) is 5.69 Å². The van der Waals surface area contributed by atoms with E-state index < -0.39 is 5.97 Å². The maximum Gasteiger partial charge on any atom is 0.341 e. The number of piperidine rings is 1. The summed E-state index contributed by atoms with van der Waals surface area (Å²) in [7, 11) is 1.34. The first-order valence-corrected chi connectivity index (χ1v) is 8.74. The maximum absolute atomic E-state index is 12.0. The number of carbonyl (C=O) groups is 1. The highest BCUT2D eigenvalue weighted by molar-refractivity contribution is 5.95. The van der Waals surface area contributed by atoms with Crippen molar-refractivity contribution in [2.24, 2.45) is 0 Å². The largest absolute Gasteiger partial charge is 0.465 e. The second-order valence-electron chi connectivity index (χ2n) is 6.16. The Bertz CT molecular complexity index is 827. The van der Waals surface area contributed by atoms with Gasteiger partial charge in [-0.05, 0) is 19.4 Å². The minimum absolute atomic E-state index is 0.233. The third-order valence-electron chi connectivity index (χ3n) is 4.28. The SMILES string of the molecule is COC(=O)c1cnc(Nc2cnc(C#N)cn2)cc1NC[C@H]1CCCCN1. The fourth-order valence-electron chi connectivity index (χ4n) is 2.86. The molecule has 0 amide bonds. The first kappa shape index (κ1) is 18.5. The molecular weight excluding hydrogens is 346 g/mol. The Labute approximate surface area is 157 Å². The van der Waals surface area contributed by atoms with Crippen LogP contribution in [0.5, 0.6) is 0 Å². The molecule has 0 unspecified atom stereocenters. The van der Waals surface area contributed by atoms with Crippen LogP contribution in [0, 0.1) is 11.3 Å². The molecule has 0 bridgehead atoms. The molecule has 3 N–H and O–H groups in total. The van der Waals surface area contributed by atoms with E-state index in [9.17, 15) is 4.79 Å². The number of nitrogens with one attached hydrogen (secondary N) is 3. The summed E-state index contributed by atoms with van der Waals surface area (Å²) < 4.78 is 4.84. The van der Waals surface area contributed by atoms with Gasteiger partial charge in [-0.3, -0.25) is 0 Å². The fourth-order valence-corrected chi connectivity index (χ4v) is 2.86. The van der Waals surface area contributed by atoms with E-state index in [1.165, 1.54) is 38.5 Å². The van der Waals surface area contributed by atoms with Crippen LogP contribution in [-0.4, -0.2) is 47.2 Å². The van der Waals surface area contributed by atoms with Gasteiger partial charge >= 0.3 is 5.97 Å². The highest BCUT2D eigenvalue weighted by Gasteiger charge is 2.17. The molecule has 9 heteroatoms. The summed E-state index contributed by atoms with van der Waals surface area (Å²) in [6, 6.07) is 4.01. The Kier molecular flexibility index (Phi) is 6.12. The van der Waals surface area contributed by atoms with Gasteiger partial charge in [0.1, 0.15) is 23.3 Å². The predicted octanol–water partition coefficient (Wildman–Crippen LogP) is 1.83. The quantitative estimate of drug-likeness (QED) is 0.656. The zero-order valence-corrected chi connectivity index (χ0v) is 15.0. The number of anilines is 3. The van der Waals surface area contributed by atoms with Gasteiger partial charge in [-0.15, -0.1) is 0 Å². The van der Waals surface area contributed by atoms with Gasteiger partial charge < -0.3 is 20.7 Å². The van der Waals surface area contributed by atoms with Crippen molar-refractivity contribution < 1.29 is 9.53 Å². The molecule has 0 spiro atoms. The standard InChI is InChI=1S/C18H21N7O2/c1-27-18(26)14-10-24-16(25-17-11-21-13(7-19)9-23-17)6-15(14)22-8-12-4-2-3-5-20-12/h6,9-12,20H,2-5,8H2,1H3,(H2,22,23,24,25)/t12-/m1/s1. The summed E-state index contributed by atoms with van der Waals surface area (Å²) in [5, 5.41) is 18.6. The molecule has 0 aliphatic carbocycles. The van der Waals surface area contributed by atoms with Crippen LogP contribution in [-0.2, 0) is 4.74 Å². The number of aromatic nitrogens is 3. The normalized spacial score (nSPS) is 16.2. The first-order chi connectivity index (χ1) is 13.2. The lowest BCUT2D eigenvalue weighted by Gasteiger charge is -2.24. The average molecular weight is 367 g/mol. The molecular formula is C18H21N7O2. The zero-order chi connectivity index (χ0) is 19.1. The van der Waals surface area contributed by atoms with Gasteiger partial charge in [0.2, 0.25) is 0 Å². The molecule has 1 atom stereocenters. The highest BCUT2D eigenvalue weighted by atomic mass is 16.5. The van der Waals surface area contributed by atoms with E-state index >= 15 is 0 Å². The molecule has 3 rings (SSSR count). The predicted molar refractivity (Wildman–Crippen MR) is 99.7 cm³/mol. The van der Waals surface area contributed by atoms with Crippen molar-refractivity contribution in [3.8, 4) is 6.07 Å². The number of methoxy groups -OCH3 is 1. The van der Waals surface area contributed by atoms with Crippen LogP contribution < -0.4 is 16.0 Å². The minimum Gasteiger partial charge on any atom is -0.465 e. The lowest BCUT2D eigenvalue weighted by Crippen LogP contribution is -2.39. The first-order valence-electron chi connectivity index (χ1n) is 8.74. The number of hydrogen-bond acceptors (Lipinski definition) is 9. The lowest BCUT2D eigenvalue weighted by atomic mass is 10.0. The molecule has 2 aromatic heterocycles. The third kappa shape index (κ3) is 4.89. The molecule has 3 heterocycles. The van der Waals surface area contributed by atoms with Crippen LogP contribution in [0.25, 0.3) is 0 Å². The lowest BCUT2D eigenvalue weighted by molar-refractivity contribution is 0.0601. The molecule has 2 aromatic rings. The molecule has 0 saturated carbocycles. The van der Waals surface area contributed by atoms with Crippen LogP contribution in [0.2, 0.25) is 0 Å². The summed E-state index contributed by atoms with van der Waals surface area (Å²) in [6.07, 6.45) is 7.77. The van der Waals surface area contributed by atoms with Crippen LogP contribution in [0.15, 0.2) is 24.7 Å². The number of ether oxygens (including phenoxy) is 1. The van der Waals surface area contributed by atoms with Crippen molar-refractivity contribution in [1.82, 2.24) is 20.3 Å². The second-order valence-corrected chi connectivity index (χ2v) is 6.16. The van der Waals surface area contributed by atoms with Gasteiger partial charge in [-0.1, -0.05) is 6.42 Å². The summed E-state index contributed by atoms with van der Waals surface area (Å²) in [6.45, 7) is 1.71. The van der Waals surface area contributed by atoms with Crippen molar-refractivity contribution in [2.75, 3.05) is 30.8 Å². The number of esters is 1. The molecule has 0 radical (unpaired) electrons. The van der Waals surface area contributed by atoms with E-state index in [2.05, 4.69) is 30.9 Å². The molecule has 140 valence electrons. The Morgan fingerprint density at radius 3 is 2.81 bits per heavy atom. The van der Waals surface area contributed by atoms with Crippen molar-refractivity contribution >= 4 is 23.3 Å². The highest BCUT2D eigenvalue weighted by Crippen LogP contribution is 2.22. The van der Waals surface area contributed by atoms with Gasteiger partial charge in [-0.2, -0.15) is 5.26 Å². The van der Waals surface area contributed by atoms with Crippen molar-refractivity contribution in [3.63, 3.8) is 0 Å². The Morgan fingerprint density at radius 2 is 2.15 bits per heavy atom. The average Bonchev–Trinajstić information content (AvgIpc) is 2.73. The minimum atomic E-state index is -0.452. The van der Waals surface area contributed by atoms with Gasteiger partial charge in [-0.25, -0.2) is 19.7 Å². The maximum atomic E-state index is 12.0. The second kappa shape index (κ2) is 8.91. The van der Waals surface area contributed by atoms with Crippen LogP contribution in [0.3, 0.4) is 0 Å². The van der Waals surface area contributed by atoms with Crippen LogP contribution >= 0.6 is 0 Å². The van der Waals surface area contributed by atoms with E-state index in [4.69, 9.17) is 10.00 Å². The fraction of sp³-hybridized carbons (Fsp3) is 0.389. The summed E-state index contributed by atoms with van der Waals surface area (Å²) in [5.41, 5.74) is 1.23. The number of nitriles is 1. The summed E-state index contributed by atoms with van der Waals surface area (Å²) >= 11 is 0. The van der Waals surface area contributed by atoms with Crippen LogP contribution in [0.1, 0.15) is 35.3 Å². The number of pyridine rings is 1. The zero-order valence-electron chi connectivity index (χ0n) is 15.0. The Hall–Kier alpha value is -3.25. The number of nitrogens with zero attached hydrogens (tertiary/aromatic N) is 4. The van der Waals surface area contributed by atoms with E-state index in [0.717, 1.165) is 13.0 Å². The van der Waals surface area contributed by atoms with Gasteiger partial charge in [0.15, 0.2) is 5.69 Å². The van der Waals surface area contributed by atoms with Gasteiger partial charge in [0, 0.05) is 24.8 Å². The monoisotopic (exact) mass is 367 g/mol.